The smallest absolute Gasteiger partial charge is 0.193 e. The van der Waals surface area contributed by atoms with Gasteiger partial charge in [0.1, 0.15) is 0 Å². The summed E-state index contributed by atoms with van der Waals surface area (Å²) in [5, 5.41) is 3.26. The third-order valence-corrected chi connectivity index (χ3v) is 3.36. The highest BCUT2D eigenvalue weighted by atomic mass is 16.1. The SMILES string of the molecule is Nc1cccc(Nc2ccc(C(=O)c3ccccc3)cc2)c1. The second-order valence-electron chi connectivity index (χ2n) is 5.02. The number of ketones is 1. The van der Waals surface area contributed by atoms with Gasteiger partial charge < -0.3 is 11.1 Å². The third kappa shape index (κ3) is 3.15. The molecule has 3 heteroatoms. The van der Waals surface area contributed by atoms with Crippen LogP contribution in [-0.2, 0) is 0 Å². The zero-order valence-corrected chi connectivity index (χ0v) is 12.0. The number of carbonyl (C=O) groups is 1. The Morgan fingerprint density at radius 1 is 0.727 bits per heavy atom. The predicted molar refractivity (Wildman–Crippen MR) is 90.5 cm³/mol. The maximum Gasteiger partial charge on any atom is 0.193 e. The molecule has 0 aliphatic carbocycles. The van der Waals surface area contributed by atoms with Gasteiger partial charge >= 0.3 is 0 Å². The van der Waals surface area contributed by atoms with Gasteiger partial charge in [-0.3, -0.25) is 4.79 Å². The maximum absolute atomic E-state index is 12.3. The molecular weight excluding hydrogens is 272 g/mol. The first kappa shape index (κ1) is 13.9. The zero-order chi connectivity index (χ0) is 15.4. The van der Waals surface area contributed by atoms with E-state index in [1.165, 1.54) is 0 Å². The minimum atomic E-state index is 0.0242. The maximum atomic E-state index is 12.3. The molecule has 0 unspecified atom stereocenters. The van der Waals surface area contributed by atoms with Crippen LogP contribution in [0.3, 0.4) is 0 Å². The van der Waals surface area contributed by atoms with E-state index >= 15 is 0 Å². The van der Waals surface area contributed by atoms with Gasteiger partial charge in [-0.2, -0.15) is 0 Å². The number of anilines is 3. The Morgan fingerprint density at radius 3 is 2.09 bits per heavy atom. The molecule has 0 saturated carbocycles. The average molecular weight is 288 g/mol. The van der Waals surface area contributed by atoms with Crippen LogP contribution < -0.4 is 11.1 Å². The molecule has 0 bridgehead atoms. The number of nitrogens with two attached hydrogens (primary N) is 1. The Hall–Kier alpha value is -3.07. The summed E-state index contributed by atoms with van der Waals surface area (Å²) in [6.07, 6.45) is 0. The molecule has 3 aromatic carbocycles. The van der Waals surface area contributed by atoms with Gasteiger partial charge in [-0.25, -0.2) is 0 Å². The van der Waals surface area contributed by atoms with Crippen molar-refractivity contribution >= 4 is 22.8 Å². The van der Waals surface area contributed by atoms with Gasteiger partial charge in [-0.05, 0) is 42.5 Å². The van der Waals surface area contributed by atoms with Crippen LogP contribution in [-0.4, -0.2) is 5.78 Å². The van der Waals surface area contributed by atoms with E-state index in [1.807, 2.05) is 78.9 Å². The van der Waals surface area contributed by atoms with Crippen LogP contribution in [0, 0.1) is 0 Å². The van der Waals surface area contributed by atoms with Crippen molar-refractivity contribution in [3.63, 3.8) is 0 Å². The lowest BCUT2D eigenvalue weighted by molar-refractivity contribution is 0.103. The Labute approximate surface area is 129 Å². The lowest BCUT2D eigenvalue weighted by Gasteiger charge is -2.08. The fourth-order valence-corrected chi connectivity index (χ4v) is 2.24. The minimum Gasteiger partial charge on any atom is -0.399 e. The van der Waals surface area contributed by atoms with Crippen LogP contribution in [0.5, 0.6) is 0 Å². The third-order valence-electron chi connectivity index (χ3n) is 3.36. The fraction of sp³-hybridized carbons (Fsp3) is 0. The molecule has 0 heterocycles. The van der Waals surface area contributed by atoms with Crippen molar-refractivity contribution in [3.05, 3.63) is 90.0 Å². The summed E-state index contributed by atoms with van der Waals surface area (Å²) in [7, 11) is 0. The van der Waals surface area contributed by atoms with Gasteiger partial charge in [-0.15, -0.1) is 0 Å². The van der Waals surface area contributed by atoms with Crippen LogP contribution in [0.1, 0.15) is 15.9 Å². The fourth-order valence-electron chi connectivity index (χ4n) is 2.24. The molecule has 0 aromatic heterocycles. The molecule has 3 N–H and O–H groups in total. The molecule has 3 nitrogen and oxygen atoms in total. The average Bonchev–Trinajstić information content (AvgIpc) is 2.56. The molecule has 0 atom stereocenters. The number of hydrogen-bond donors (Lipinski definition) is 2. The van der Waals surface area contributed by atoms with E-state index in [1.54, 1.807) is 0 Å². The van der Waals surface area contributed by atoms with Crippen LogP contribution in [0.25, 0.3) is 0 Å². The van der Waals surface area contributed by atoms with Crippen LogP contribution >= 0.6 is 0 Å². The molecule has 0 radical (unpaired) electrons. The number of carbonyl (C=O) groups excluding carboxylic acids is 1. The lowest BCUT2D eigenvalue weighted by atomic mass is 10.0. The molecule has 0 aliphatic rings. The summed E-state index contributed by atoms with van der Waals surface area (Å²) in [6, 6.07) is 24.2. The van der Waals surface area contributed by atoms with Gasteiger partial charge in [0.25, 0.3) is 0 Å². The second-order valence-corrected chi connectivity index (χ2v) is 5.02. The molecule has 0 fully saturated rings. The zero-order valence-electron chi connectivity index (χ0n) is 12.0. The van der Waals surface area contributed by atoms with E-state index in [0.717, 1.165) is 11.4 Å². The van der Waals surface area contributed by atoms with Gasteiger partial charge in [0.05, 0.1) is 0 Å². The molecule has 108 valence electrons. The highest BCUT2D eigenvalue weighted by Gasteiger charge is 2.08. The number of nitrogens with one attached hydrogen (secondary N) is 1. The van der Waals surface area contributed by atoms with Crippen LogP contribution in [0.2, 0.25) is 0 Å². The monoisotopic (exact) mass is 288 g/mol. The molecular formula is C19H16N2O. The van der Waals surface area contributed by atoms with E-state index in [4.69, 9.17) is 5.73 Å². The Balaban J connectivity index is 1.77. The van der Waals surface area contributed by atoms with Crippen LogP contribution in [0.4, 0.5) is 17.1 Å². The van der Waals surface area contributed by atoms with E-state index in [2.05, 4.69) is 5.32 Å². The molecule has 0 spiro atoms. The van der Waals surface area contributed by atoms with Crippen molar-refractivity contribution in [1.82, 2.24) is 0 Å². The summed E-state index contributed by atoms with van der Waals surface area (Å²) in [5.41, 5.74) is 9.66. The standard InChI is InChI=1S/C19H16N2O/c20-16-7-4-8-18(13-16)21-17-11-9-15(10-12-17)19(22)14-5-2-1-3-6-14/h1-13,21H,20H2. The highest BCUT2D eigenvalue weighted by molar-refractivity contribution is 6.09. The van der Waals surface area contributed by atoms with Crippen LogP contribution in [0.15, 0.2) is 78.9 Å². The van der Waals surface area contributed by atoms with E-state index < -0.39 is 0 Å². The summed E-state index contributed by atoms with van der Waals surface area (Å²) in [6.45, 7) is 0. The first-order valence-electron chi connectivity index (χ1n) is 7.05. The molecule has 3 rings (SSSR count). The Morgan fingerprint density at radius 2 is 1.41 bits per heavy atom. The van der Waals surface area contributed by atoms with Crippen molar-refractivity contribution in [2.24, 2.45) is 0 Å². The quantitative estimate of drug-likeness (QED) is 0.557. The highest BCUT2D eigenvalue weighted by Crippen LogP contribution is 2.20. The minimum absolute atomic E-state index is 0.0242. The second kappa shape index (κ2) is 6.14. The Bertz CT molecular complexity index is 780. The lowest BCUT2D eigenvalue weighted by Crippen LogP contribution is -2.01. The van der Waals surface area contributed by atoms with Crippen molar-refractivity contribution in [2.75, 3.05) is 11.1 Å². The topological polar surface area (TPSA) is 55.1 Å². The molecule has 0 aliphatic heterocycles. The molecule has 22 heavy (non-hydrogen) atoms. The summed E-state index contributed by atoms with van der Waals surface area (Å²) in [4.78, 5) is 12.3. The van der Waals surface area contributed by atoms with Crippen molar-refractivity contribution in [1.29, 1.82) is 0 Å². The molecule has 0 saturated heterocycles. The van der Waals surface area contributed by atoms with Crippen molar-refractivity contribution in [2.45, 2.75) is 0 Å². The number of rotatable bonds is 4. The summed E-state index contributed by atoms with van der Waals surface area (Å²) in [5.74, 6) is 0.0242. The normalized spacial score (nSPS) is 10.2. The molecule has 0 amide bonds. The summed E-state index contributed by atoms with van der Waals surface area (Å²) >= 11 is 0. The number of benzene rings is 3. The number of nitrogen functional groups attached to an aromatic ring is 1. The first-order chi connectivity index (χ1) is 10.7. The predicted octanol–water partition coefficient (Wildman–Crippen LogP) is 4.24. The van der Waals surface area contributed by atoms with Gasteiger partial charge in [0.2, 0.25) is 0 Å². The van der Waals surface area contributed by atoms with Gasteiger partial charge in [0.15, 0.2) is 5.78 Å². The largest absolute Gasteiger partial charge is 0.399 e. The first-order valence-corrected chi connectivity index (χ1v) is 7.05. The summed E-state index contributed by atoms with van der Waals surface area (Å²) < 4.78 is 0. The van der Waals surface area contributed by atoms with Crippen molar-refractivity contribution < 1.29 is 4.79 Å². The van der Waals surface area contributed by atoms with E-state index in [9.17, 15) is 4.79 Å². The van der Waals surface area contributed by atoms with E-state index in [0.29, 0.717) is 16.8 Å². The van der Waals surface area contributed by atoms with E-state index in [-0.39, 0.29) is 5.78 Å². The van der Waals surface area contributed by atoms with Gasteiger partial charge in [-0.1, -0.05) is 36.4 Å². The van der Waals surface area contributed by atoms with Gasteiger partial charge in [0, 0.05) is 28.2 Å². The number of hydrogen-bond acceptors (Lipinski definition) is 3. The van der Waals surface area contributed by atoms with Crippen molar-refractivity contribution in [3.8, 4) is 0 Å². The Kier molecular flexibility index (Phi) is 3.88. The molecule has 3 aromatic rings.